The van der Waals surface area contributed by atoms with E-state index < -0.39 is 0 Å². The van der Waals surface area contributed by atoms with Crippen molar-refractivity contribution in [2.75, 3.05) is 13.3 Å². The molecule has 0 atom stereocenters. The molecular formula is C28H29N3O. The van der Waals surface area contributed by atoms with E-state index in [2.05, 4.69) is 71.7 Å². The van der Waals surface area contributed by atoms with Crippen LogP contribution in [-0.2, 0) is 13.0 Å². The molecule has 32 heavy (non-hydrogen) atoms. The van der Waals surface area contributed by atoms with Gasteiger partial charge in [0, 0.05) is 6.04 Å². The van der Waals surface area contributed by atoms with E-state index in [0.717, 1.165) is 36.6 Å². The van der Waals surface area contributed by atoms with Crippen LogP contribution in [0.1, 0.15) is 35.1 Å². The summed E-state index contributed by atoms with van der Waals surface area (Å²) in [5.74, 6) is 1.50. The smallest absolute Gasteiger partial charge is 0.120 e. The summed E-state index contributed by atoms with van der Waals surface area (Å²) in [7, 11) is 0. The Morgan fingerprint density at radius 2 is 1.81 bits per heavy atom. The Balaban J connectivity index is 1.26. The lowest BCUT2D eigenvalue weighted by atomic mass is 9.75. The predicted octanol–water partition coefficient (Wildman–Crippen LogP) is 5.25. The molecule has 5 rings (SSSR count). The van der Waals surface area contributed by atoms with Crippen LogP contribution < -0.4 is 10.1 Å². The number of nitrogens with zero attached hydrogens (tertiary/aromatic N) is 2. The molecule has 1 heterocycles. The molecule has 3 aromatic rings. The number of hydrogen-bond acceptors (Lipinski definition) is 4. The molecular weight excluding hydrogens is 394 g/mol. The Labute approximate surface area is 190 Å². The number of nitriles is 1. The second kappa shape index (κ2) is 9.16. The molecule has 0 aromatic heterocycles. The first kappa shape index (κ1) is 20.8. The van der Waals surface area contributed by atoms with E-state index in [4.69, 9.17) is 4.74 Å². The van der Waals surface area contributed by atoms with Crippen LogP contribution in [0.5, 0.6) is 5.75 Å². The van der Waals surface area contributed by atoms with Crippen molar-refractivity contribution in [1.29, 1.82) is 5.26 Å². The largest absolute Gasteiger partial charge is 0.489 e. The summed E-state index contributed by atoms with van der Waals surface area (Å²) < 4.78 is 6.20. The molecule has 1 saturated heterocycles. The molecule has 1 aliphatic carbocycles. The average Bonchev–Trinajstić information content (AvgIpc) is 2.76. The van der Waals surface area contributed by atoms with Gasteiger partial charge in [-0.1, -0.05) is 48.5 Å². The third kappa shape index (κ3) is 4.27. The maximum absolute atomic E-state index is 9.58. The molecule has 1 saturated carbocycles. The quantitative estimate of drug-likeness (QED) is 0.564. The fourth-order valence-electron chi connectivity index (χ4n) is 4.84. The second-order valence-corrected chi connectivity index (χ2v) is 9.03. The van der Waals surface area contributed by atoms with Crippen LogP contribution in [0.15, 0.2) is 66.7 Å². The minimum atomic E-state index is 0.519. The molecule has 0 unspecified atom stereocenters. The topological polar surface area (TPSA) is 48.3 Å². The van der Waals surface area contributed by atoms with Crippen molar-refractivity contribution in [3.05, 3.63) is 89.0 Å². The summed E-state index contributed by atoms with van der Waals surface area (Å²) in [6.45, 7) is 4.72. The van der Waals surface area contributed by atoms with Crippen LogP contribution in [-0.4, -0.2) is 24.3 Å². The van der Waals surface area contributed by atoms with E-state index >= 15 is 0 Å². The fraction of sp³-hybridized carbons (Fsp3) is 0.321. The number of ether oxygens (including phenoxy) is 1. The van der Waals surface area contributed by atoms with Gasteiger partial charge in [-0.25, -0.2) is 0 Å². The Bertz CT molecular complexity index is 1130. The number of benzene rings is 3. The molecule has 2 fully saturated rings. The van der Waals surface area contributed by atoms with Gasteiger partial charge in [-0.3, -0.25) is 10.2 Å². The van der Waals surface area contributed by atoms with Gasteiger partial charge in [0.25, 0.3) is 0 Å². The highest BCUT2D eigenvalue weighted by Crippen LogP contribution is 2.36. The van der Waals surface area contributed by atoms with Crippen molar-refractivity contribution in [1.82, 2.24) is 10.2 Å². The lowest BCUT2D eigenvalue weighted by Crippen LogP contribution is -2.60. The Kier molecular flexibility index (Phi) is 5.94. The zero-order valence-corrected chi connectivity index (χ0v) is 18.6. The lowest BCUT2D eigenvalue weighted by Gasteiger charge is -2.47. The first-order chi connectivity index (χ1) is 15.7. The van der Waals surface area contributed by atoms with E-state index in [1.165, 1.54) is 35.1 Å². The van der Waals surface area contributed by atoms with Crippen molar-refractivity contribution < 1.29 is 4.74 Å². The molecule has 0 spiro atoms. The van der Waals surface area contributed by atoms with Crippen LogP contribution in [0, 0.1) is 24.2 Å². The molecule has 4 heteroatoms. The van der Waals surface area contributed by atoms with Gasteiger partial charge in [-0.2, -0.15) is 5.26 Å². The minimum absolute atomic E-state index is 0.519. The summed E-state index contributed by atoms with van der Waals surface area (Å²) in [6.07, 6.45) is 3.41. The predicted molar refractivity (Wildman–Crippen MR) is 127 cm³/mol. The van der Waals surface area contributed by atoms with Crippen molar-refractivity contribution in [3.63, 3.8) is 0 Å². The van der Waals surface area contributed by atoms with Gasteiger partial charge in [0.05, 0.1) is 25.0 Å². The molecule has 0 radical (unpaired) electrons. The maximum atomic E-state index is 9.58. The van der Waals surface area contributed by atoms with E-state index in [1.807, 2.05) is 18.2 Å². The van der Waals surface area contributed by atoms with E-state index in [0.29, 0.717) is 18.6 Å². The van der Waals surface area contributed by atoms with Crippen LogP contribution in [0.4, 0.5) is 0 Å². The lowest BCUT2D eigenvalue weighted by molar-refractivity contribution is 0.00978. The Hall–Kier alpha value is -3.13. The summed E-state index contributed by atoms with van der Waals surface area (Å²) >= 11 is 0. The van der Waals surface area contributed by atoms with Crippen LogP contribution in [0.3, 0.4) is 0 Å². The maximum Gasteiger partial charge on any atom is 0.120 e. The first-order valence-electron chi connectivity index (χ1n) is 11.5. The van der Waals surface area contributed by atoms with Crippen molar-refractivity contribution in [2.45, 2.75) is 38.8 Å². The van der Waals surface area contributed by atoms with Gasteiger partial charge < -0.3 is 4.74 Å². The zero-order valence-electron chi connectivity index (χ0n) is 18.6. The van der Waals surface area contributed by atoms with Gasteiger partial charge in [-0.05, 0) is 78.1 Å². The van der Waals surface area contributed by atoms with E-state index in [-0.39, 0.29) is 0 Å². The van der Waals surface area contributed by atoms with E-state index in [1.54, 1.807) is 0 Å². The first-order valence-corrected chi connectivity index (χ1v) is 11.5. The van der Waals surface area contributed by atoms with Gasteiger partial charge in [0.15, 0.2) is 0 Å². The van der Waals surface area contributed by atoms with Crippen LogP contribution in [0.2, 0.25) is 0 Å². The van der Waals surface area contributed by atoms with Crippen molar-refractivity contribution >= 4 is 0 Å². The molecule has 0 bridgehead atoms. The van der Waals surface area contributed by atoms with Crippen molar-refractivity contribution in [3.8, 4) is 22.9 Å². The summed E-state index contributed by atoms with van der Waals surface area (Å²) in [4.78, 5) is 2.49. The number of nitrogens with one attached hydrogen (secondary N) is 1. The number of hydrogen-bond donors (Lipinski definition) is 1. The molecule has 3 aromatic carbocycles. The standard InChI is InChI=1S/C28H29N3O/c1-20-24(8-5-9-28(20)22-6-3-2-4-7-22)17-32-27-11-10-23(16-29)25(15-27)12-21-13-26(14-21)31-18-30-19-31/h2-11,15,21,26,30H,12-14,17-19H2,1H3. The van der Waals surface area contributed by atoms with E-state index in [9.17, 15) is 5.26 Å². The average molecular weight is 424 g/mol. The fourth-order valence-corrected chi connectivity index (χ4v) is 4.84. The Morgan fingerprint density at radius 1 is 1.00 bits per heavy atom. The van der Waals surface area contributed by atoms with Crippen molar-refractivity contribution in [2.24, 2.45) is 5.92 Å². The third-order valence-corrected chi connectivity index (χ3v) is 6.99. The van der Waals surface area contributed by atoms with Gasteiger partial charge in [0.1, 0.15) is 12.4 Å². The molecule has 1 aliphatic heterocycles. The van der Waals surface area contributed by atoms with Gasteiger partial charge in [0.2, 0.25) is 0 Å². The highest BCUT2D eigenvalue weighted by atomic mass is 16.5. The molecule has 4 nitrogen and oxygen atoms in total. The normalized spacial score (nSPS) is 20.1. The Morgan fingerprint density at radius 3 is 2.53 bits per heavy atom. The zero-order chi connectivity index (χ0) is 21.9. The minimum Gasteiger partial charge on any atom is -0.489 e. The summed E-state index contributed by atoms with van der Waals surface area (Å²) in [6, 6.07) is 25.8. The highest BCUT2D eigenvalue weighted by molar-refractivity contribution is 5.68. The second-order valence-electron chi connectivity index (χ2n) is 9.03. The summed E-state index contributed by atoms with van der Waals surface area (Å²) in [5.41, 5.74) is 6.78. The summed E-state index contributed by atoms with van der Waals surface area (Å²) in [5, 5.41) is 12.9. The molecule has 1 N–H and O–H groups in total. The molecule has 2 aliphatic rings. The van der Waals surface area contributed by atoms with Gasteiger partial charge in [-0.15, -0.1) is 0 Å². The SMILES string of the molecule is Cc1c(COc2ccc(C#N)c(CC3CC(N4CNC4)C3)c2)cccc1-c1ccccc1. The van der Waals surface area contributed by atoms with Gasteiger partial charge >= 0.3 is 0 Å². The van der Waals surface area contributed by atoms with Crippen LogP contribution in [0.25, 0.3) is 11.1 Å². The third-order valence-electron chi connectivity index (χ3n) is 6.99. The number of rotatable bonds is 7. The molecule has 162 valence electrons. The van der Waals surface area contributed by atoms with Crippen LogP contribution >= 0.6 is 0 Å². The molecule has 0 amide bonds. The monoisotopic (exact) mass is 423 g/mol. The highest BCUT2D eigenvalue weighted by Gasteiger charge is 2.35.